The van der Waals surface area contributed by atoms with Gasteiger partial charge in [0.25, 0.3) is 11.6 Å². The standard InChI is InChI=1S/C25H26N4O6/c1-3-34-21-9-5-18(6-10-21)23(30)15-24-26-16-19(17-27-24)25(31)28(2)13-4-14-35-22-11-7-20(8-12-22)29(32)33/h5-12,16-17H,3-4,13-15H2,1-2H3. The van der Waals surface area contributed by atoms with E-state index in [1.165, 1.54) is 41.6 Å². The highest BCUT2D eigenvalue weighted by atomic mass is 16.6. The lowest BCUT2D eigenvalue weighted by Crippen LogP contribution is -2.29. The molecule has 182 valence electrons. The van der Waals surface area contributed by atoms with E-state index in [4.69, 9.17) is 9.47 Å². The minimum Gasteiger partial charge on any atom is -0.494 e. The molecule has 0 radical (unpaired) electrons. The van der Waals surface area contributed by atoms with E-state index < -0.39 is 4.92 Å². The Labute approximate surface area is 202 Å². The zero-order chi connectivity index (χ0) is 25.2. The number of carbonyl (C=O) groups is 2. The van der Waals surface area contributed by atoms with Gasteiger partial charge in [-0.1, -0.05) is 0 Å². The number of ether oxygens (including phenoxy) is 2. The Morgan fingerprint density at radius 2 is 1.54 bits per heavy atom. The number of non-ortho nitro benzene ring substituents is 1. The predicted molar refractivity (Wildman–Crippen MR) is 128 cm³/mol. The summed E-state index contributed by atoms with van der Waals surface area (Å²) in [5.74, 6) is 1.18. The third-order valence-electron chi connectivity index (χ3n) is 5.06. The molecule has 3 rings (SSSR count). The van der Waals surface area contributed by atoms with E-state index in [2.05, 4.69) is 9.97 Å². The molecule has 0 saturated heterocycles. The van der Waals surface area contributed by atoms with Crippen molar-refractivity contribution >= 4 is 17.4 Å². The van der Waals surface area contributed by atoms with Crippen molar-refractivity contribution in [1.29, 1.82) is 0 Å². The number of nitro groups is 1. The maximum absolute atomic E-state index is 12.6. The first-order chi connectivity index (χ1) is 16.9. The van der Waals surface area contributed by atoms with Gasteiger partial charge >= 0.3 is 0 Å². The number of carbonyl (C=O) groups excluding carboxylic acids is 2. The Hall–Kier alpha value is -4.34. The van der Waals surface area contributed by atoms with Crippen LogP contribution in [0, 0.1) is 10.1 Å². The Morgan fingerprint density at radius 1 is 0.943 bits per heavy atom. The summed E-state index contributed by atoms with van der Waals surface area (Å²) >= 11 is 0. The van der Waals surface area contributed by atoms with E-state index in [0.29, 0.717) is 54.6 Å². The van der Waals surface area contributed by atoms with E-state index in [1.807, 2.05) is 6.92 Å². The fourth-order valence-electron chi connectivity index (χ4n) is 3.18. The number of nitrogens with zero attached hydrogens (tertiary/aromatic N) is 4. The summed E-state index contributed by atoms with van der Waals surface area (Å²) in [5.41, 5.74) is 0.852. The minimum atomic E-state index is -0.472. The molecule has 3 aromatic rings. The molecule has 35 heavy (non-hydrogen) atoms. The van der Waals surface area contributed by atoms with Gasteiger partial charge in [-0.2, -0.15) is 0 Å². The number of ketones is 1. The third-order valence-corrected chi connectivity index (χ3v) is 5.06. The fraction of sp³-hybridized carbons (Fsp3) is 0.280. The van der Waals surface area contributed by atoms with Crippen LogP contribution in [0.25, 0.3) is 0 Å². The lowest BCUT2D eigenvalue weighted by molar-refractivity contribution is -0.384. The smallest absolute Gasteiger partial charge is 0.269 e. The molecule has 1 aromatic heterocycles. The van der Waals surface area contributed by atoms with E-state index in [-0.39, 0.29) is 23.8 Å². The van der Waals surface area contributed by atoms with Crippen LogP contribution in [0.5, 0.6) is 11.5 Å². The summed E-state index contributed by atoms with van der Waals surface area (Å²) in [6.07, 6.45) is 3.42. The molecule has 1 heterocycles. The van der Waals surface area contributed by atoms with Gasteiger partial charge in [0.2, 0.25) is 0 Å². The van der Waals surface area contributed by atoms with Crippen molar-refractivity contribution in [1.82, 2.24) is 14.9 Å². The molecule has 1 amide bonds. The first-order valence-electron chi connectivity index (χ1n) is 11.1. The zero-order valence-electron chi connectivity index (χ0n) is 19.5. The quantitative estimate of drug-likeness (QED) is 0.167. The van der Waals surface area contributed by atoms with Crippen LogP contribution in [0.15, 0.2) is 60.9 Å². The number of aromatic nitrogens is 2. The van der Waals surface area contributed by atoms with Crippen molar-refractivity contribution in [3.8, 4) is 11.5 Å². The van der Waals surface area contributed by atoms with E-state index in [1.54, 1.807) is 31.3 Å². The second kappa shape index (κ2) is 12.2. The van der Waals surface area contributed by atoms with Gasteiger partial charge in [-0.05, 0) is 49.7 Å². The second-order valence-electron chi connectivity index (χ2n) is 7.63. The van der Waals surface area contributed by atoms with Crippen LogP contribution in [0.3, 0.4) is 0 Å². The second-order valence-corrected chi connectivity index (χ2v) is 7.63. The molecular weight excluding hydrogens is 452 g/mol. The molecule has 0 fully saturated rings. The van der Waals surface area contributed by atoms with Gasteiger partial charge in [0.1, 0.15) is 17.3 Å². The van der Waals surface area contributed by atoms with Crippen LogP contribution in [-0.4, -0.2) is 58.3 Å². The first-order valence-corrected chi connectivity index (χ1v) is 11.1. The Balaban J connectivity index is 1.45. The van der Waals surface area contributed by atoms with Crippen molar-refractivity contribution < 1.29 is 24.0 Å². The van der Waals surface area contributed by atoms with Crippen LogP contribution in [0.1, 0.15) is 39.9 Å². The van der Waals surface area contributed by atoms with Gasteiger partial charge in [0.05, 0.1) is 30.1 Å². The average molecular weight is 479 g/mol. The predicted octanol–water partition coefficient (Wildman–Crippen LogP) is 3.75. The summed E-state index contributed by atoms with van der Waals surface area (Å²) in [7, 11) is 1.66. The molecule has 0 saturated carbocycles. The number of rotatable bonds is 12. The van der Waals surface area contributed by atoms with Crippen LogP contribution < -0.4 is 9.47 Å². The summed E-state index contributed by atoms with van der Waals surface area (Å²) in [5, 5.41) is 10.7. The zero-order valence-corrected chi connectivity index (χ0v) is 19.5. The van der Waals surface area contributed by atoms with Gasteiger partial charge in [0.15, 0.2) is 5.78 Å². The molecule has 10 heteroatoms. The molecular formula is C25H26N4O6. The van der Waals surface area contributed by atoms with Crippen LogP contribution in [0.2, 0.25) is 0 Å². The van der Waals surface area contributed by atoms with Crippen molar-refractivity contribution in [2.24, 2.45) is 0 Å². The first kappa shape index (κ1) is 25.3. The summed E-state index contributed by atoms with van der Waals surface area (Å²) in [4.78, 5) is 45.2. The summed E-state index contributed by atoms with van der Waals surface area (Å²) in [6.45, 7) is 3.22. The molecule has 0 atom stereocenters. The highest BCUT2D eigenvalue weighted by Crippen LogP contribution is 2.17. The lowest BCUT2D eigenvalue weighted by atomic mass is 10.1. The highest BCUT2D eigenvalue weighted by Gasteiger charge is 2.14. The van der Waals surface area contributed by atoms with Crippen molar-refractivity contribution in [2.45, 2.75) is 19.8 Å². The third kappa shape index (κ3) is 7.32. The van der Waals surface area contributed by atoms with E-state index in [0.717, 1.165) is 0 Å². The van der Waals surface area contributed by atoms with Crippen LogP contribution in [-0.2, 0) is 6.42 Å². The Bertz CT molecular complexity index is 1150. The number of nitro benzene ring substituents is 1. The number of Topliss-reactive ketones (excluding diaryl/α,β-unsaturated/α-hetero) is 1. The normalized spacial score (nSPS) is 10.5. The highest BCUT2D eigenvalue weighted by molar-refractivity contribution is 5.97. The molecule has 0 N–H and O–H groups in total. The topological polar surface area (TPSA) is 125 Å². The molecule has 10 nitrogen and oxygen atoms in total. The largest absolute Gasteiger partial charge is 0.494 e. The molecule has 0 spiro atoms. The van der Waals surface area contributed by atoms with Gasteiger partial charge in [-0.3, -0.25) is 19.7 Å². The molecule has 0 aliphatic heterocycles. The fourth-order valence-corrected chi connectivity index (χ4v) is 3.18. The molecule has 2 aromatic carbocycles. The molecule has 0 unspecified atom stereocenters. The van der Waals surface area contributed by atoms with E-state index >= 15 is 0 Å². The SMILES string of the molecule is CCOc1ccc(C(=O)Cc2ncc(C(=O)N(C)CCCOc3ccc([N+](=O)[O-])cc3)cn2)cc1. The average Bonchev–Trinajstić information content (AvgIpc) is 2.87. The van der Waals surface area contributed by atoms with Gasteiger partial charge in [-0.25, -0.2) is 9.97 Å². The number of amides is 1. The van der Waals surface area contributed by atoms with Gasteiger partial charge < -0.3 is 14.4 Å². The molecule has 0 aliphatic rings. The van der Waals surface area contributed by atoms with Crippen molar-refractivity contribution in [2.75, 3.05) is 26.8 Å². The number of hydrogen-bond acceptors (Lipinski definition) is 8. The number of benzene rings is 2. The summed E-state index contributed by atoms with van der Waals surface area (Å²) in [6, 6.07) is 12.7. The number of hydrogen-bond donors (Lipinski definition) is 0. The van der Waals surface area contributed by atoms with Gasteiger partial charge in [-0.15, -0.1) is 0 Å². The lowest BCUT2D eigenvalue weighted by Gasteiger charge is -2.17. The summed E-state index contributed by atoms with van der Waals surface area (Å²) < 4.78 is 10.9. The molecule has 0 aliphatic carbocycles. The van der Waals surface area contributed by atoms with Crippen molar-refractivity contribution in [3.05, 3.63) is 88.0 Å². The van der Waals surface area contributed by atoms with Gasteiger partial charge in [0, 0.05) is 43.7 Å². The maximum Gasteiger partial charge on any atom is 0.269 e. The Morgan fingerprint density at radius 3 is 2.14 bits per heavy atom. The van der Waals surface area contributed by atoms with Crippen LogP contribution in [0.4, 0.5) is 5.69 Å². The maximum atomic E-state index is 12.6. The molecule has 0 bridgehead atoms. The van der Waals surface area contributed by atoms with Crippen LogP contribution >= 0.6 is 0 Å². The van der Waals surface area contributed by atoms with Crippen molar-refractivity contribution in [3.63, 3.8) is 0 Å². The monoisotopic (exact) mass is 478 g/mol. The minimum absolute atomic E-state index is 0.00329. The Kier molecular flexibility index (Phi) is 8.82. The van der Waals surface area contributed by atoms with E-state index in [9.17, 15) is 19.7 Å².